The molecule has 0 bridgehead atoms. The van der Waals surface area contributed by atoms with Crippen LogP contribution in [0, 0.1) is 17.0 Å². The van der Waals surface area contributed by atoms with Crippen LogP contribution in [-0.4, -0.2) is 23.6 Å². The first-order chi connectivity index (χ1) is 16.1. The Balaban J connectivity index is 1.36. The fraction of sp³-hybridized carbons (Fsp3) is 0.296. The number of aryl methyl sites for hydroxylation is 2. The Labute approximate surface area is 193 Å². The number of ether oxygens (including phenoxy) is 2. The second-order valence-electron chi connectivity index (χ2n) is 8.19. The molecule has 0 aliphatic rings. The van der Waals surface area contributed by atoms with Gasteiger partial charge in [-0.3, -0.25) is 10.1 Å². The molecule has 0 aliphatic carbocycles. The lowest BCUT2D eigenvalue weighted by atomic mass is 9.99. The van der Waals surface area contributed by atoms with E-state index in [-0.39, 0.29) is 5.69 Å². The van der Waals surface area contributed by atoms with E-state index in [0.29, 0.717) is 29.0 Å². The lowest BCUT2D eigenvalue weighted by Crippen LogP contribution is -2.03. The number of unbranched alkanes of at least 4 members (excludes halogenated alkanes) is 3. The molecule has 6 nitrogen and oxygen atoms in total. The van der Waals surface area contributed by atoms with Crippen LogP contribution < -0.4 is 9.47 Å². The maximum atomic E-state index is 11.5. The molecule has 3 aromatic carbocycles. The second kappa shape index (κ2) is 10.3. The smallest absolute Gasteiger partial charge is 0.299 e. The van der Waals surface area contributed by atoms with Crippen molar-refractivity contribution in [2.75, 3.05) is 13.7 Å². The molecule has 0 aliphatic heterocycles. The van der Waals surface area contributed by atoms with Crippen LogP contribution in [0.15, 0.2) is 60.8 Å². The summed E-state index contributed by atoms with van der Waals surface area (Å²) in [5.74, 6) is 0.890. The van der Waals surface area contributed by atoms with Gasteiger partial charge in [-0.25, -0.2) is 4.98 Å². The average Bonchev–Trinajstić information content (AvgIpc) is 2.83. The number of fused-ring (bicyclic) bond motifs is 2. The summed E-state index contributed by atoms with van der Waals surface area (Å²) in [5.41, 5.74) is 2.51. The summed E-state index contributed by atoms with van der Waals surface area (Å²) >= 11 is 0. The Morgan fingerprint density at radius 1 is 1.00 bits per heavy atom. The van der Waals surface area contributed by atoms with Crippen LogP contribution in [0.25, 0.3) is 21.7 Å². The van der Waals surface area contributed by atoms with Gasteiger partial charge in [0, 0.05) is 6.20 Å². The van der Waals surface area contributed by atoms with Crippen molar-refractivity contribution in [2.24, 2.45) is 0 Å². The van der Waals surface area contributed by atoms with E-state index in [1.54, 1.807) is 6.20 Å². The minimum Gasteiger partial charge on any atom is -0.493 e. The van der Waals surface area contributed by atoms with E-state index in [1.807, 2.05) is 13.0 Å². The molecule has 1 heterocycles. The molecular weight excluding hydrogens is 416 g/mol. The molecule has 0 saturated heterocycles. The number of benzene rings is 3. The molecule has 0 N–H and O–H groups in total. The highest BCUT2D eigenvalue weighted by molar-refractivity contribution is 5.97. The molecule has 4 aromatic rings. The van der Waals surface area contributed by atoms with Crippen LogP contribution in [0.5, 0.6) is 11.5 Å². The quantitative estimate of drug-likeness (QED) is 0.153. The van der Waals surface area contributed by atoms with Crippen molar-refractivity contribution in [1.82, 2.24) is 4.98 Å². The van der Waals surface area contributed by atoms with Gasteiger partial charge in [0.15, 0.2) is 17.0 Å². The maximum Gasteiger partial charge on any atom is 0.299 e. The van der Waals surface area contributed by atoms with E-state index < -0.39 is 4.92 Å². The SMILES string of the molecule is COc1cc([N+](=O)[O-])c2nccc(C)c2c1OCCCCCCc1cccc2ccccc12. The summed E-state index contributed by atoms with van der Waals surface area (Å²) in [6, 6.07) is 18.2. The van der Waals surface area contributed by atoms with E-state index in [1.165, 1.54) is 29.5 Å². The maximum absolute atomic E-state index is 11.5. The summed E-state index contributed by atoms with van der Waals surface area (Å²) in [6.07, 6.45) is 6.84. The average molecular weight is 445 g/mol. The molecule has 1 aromatic heterocycles. The topological polar surface area (TPSA) is 74.5 Å². The Bertz CT molecular complexity index is 1280. The van der Waals surface area contributed by atoms with Gasteiger partial charge in [-0.1, -0.05) is 55.3 Å². The van der Waals surface area contributed by atoms with E-state index in [2.05, 4.69) is 47.4 Å². The van der Waals surface area contributed by atoms with Crippen LogP contribution in [-0.2, 0) is 6.42 Å². The number of nitro benzene ring substituents is 1. The highest BCUT2D eigenvalue weighted by Gasteiger charge is 2.23. The van der Waals surface area contributed by atoms with E-state index in [0.717, 1.165) is 37.7 Å². The number of hydrogen-bond donors (Lipinski definition) is 0. The Hall–Kier alpha value is -3.67. The third-order valence-corrected chi connectivity index (χ3v) is 6.00. The zero-order valence-corrected chi connectivity index (χ0v) is 19.0. The molecule has 4 rings (SSSR count). The Kier molecular flexibility index (Phi) is 7.03. The van der Waals surface area contributed by atoms with Crippen molar-refractivity contribution in [3.8, 4) is 11.5 Å². The molecule has 0 atom stereocenters. The second-order valence-corrected chi connectivity index (χ2v) is 8.19. The molecule has 0 unspecified atom stereocenters. The van der Waals surface area contributed by atoms with Gasteiger partial charge in [0.25, 0.3) is 5.69 Å². The van der Waals surface area contributed by atoms with E-state index >= 15 is 0 Å². The summed E-state index contributed by atoms with van der Waals surface area (Å²) in [6.45, 7) is 2.42. The molecule has 170 valence electrons. The highest BCUT2D eigenvalue weighted by Crippen LogP contribution is 2.41. The summed E-state index contributed by atoms with van der Waals surface area (Å²) < 4.78 is 11.5. The highest BCUT2D eigenvalue weighted by atomic mass is 16.6. The monoisotopic (exact) mass is 444 g/mol. The van der Waals surface area contributed by atoms with E-state index in [4.69, 9.17) is 9.47 Å². The molecule has 6 heteroatoms. The molecule has 0 spiro atoms. The van der Waals surface area contributed by atoms with Gasteiger partial charge in [-0.2, -0.15) is 0 Å². The standard InChI is InChI=1S/C27H28N2O4/c1-19-15-16-28-26-23(29(30)31)18-24(32-2)27(25(19)26)33-17-8-4-3-5-10-20-12-9-13-21-11-6-7-14-22(20)21/h6-7,9,11-16,18H,3-5,8,10,17H2,1-2H3. The van der Waals surface area contributed by atoms with E-state index in [9.17, 15) is 10.1 Å². The first-order valence-electron chi connectivity index (χ1n) is 11.3. The number of nitro groups is 1. The fourth-order valence-corrected chi connectivity index (χ4v) is 4.31. The lowest BCUT2D eigenvalue weighted by Gasteiger charge is -2.15. The van der Waals surface area contributed by atoms with Gasteiger partial charge in [0.1, 0.15) is 0 Å². The number of nitrogens with zero attached hydrogens (tertiary/aromatic N) is 2. The fourth-order valence-electron chi connectivity index (χ4n) is 4.31. The molecule has 0 amide bonds. The largest absolute Gasteiger partial charge is 0.493 e. The number of methoxy groups -OCH3 is 1. The number of hydrogen-bond acceptors (Lipinski definition) is 5. The predicted octanol–water partition coefficient (Wildman–Crippen LogP) is 6.80. The summed E-state index contributed by atoms with van der Waals surface area (Å²) in [4.78, 5) is 15.3. The molecular formula is C27H28N2O4. The van der Waals surface area contributed by atoms with Crippen molar-refractivity contribution < 1.29 is 14.4 Å². The van der Waals surface area contributed by atoms with Gasteiger partial charge in [-0.05, 0) is 54.2 Å². The third-order valence-electron chi connectivity index (χ3n) is 6.00. The minimum absolute atomic E-state index is 0.0775. The van der Waals surface area contributed by atoms with Gasteiger partial charge < -0.3 is 9.47 Å². The molecule has 0 radical (unpaired) electrons. The third kappa shape index (κ3) is 4.90. The lowest BCUT2D eigenvalue weighted by molar-refractivity contribution is -0.383. The Morgan fingerprint density at radius 3 is 2.61 bits per heavy atom. The van der Waals surface area contributed by atoms with Crippen LogP contribution in [0.4, 0.5) is 5.69 Å². The van der Waals surface area contributed by atoms with Crippen LogP contribution in [0.3, 0.4) is 0 Å². The first-order valence-corrected chi connectivity index (χ1v) is 11.3. The zero-order chi connectivity index (χ0) is 23.2. The van der Waals surface area contributed by atoms with Gasteiger partial charge in [0.2, 0.25) is 0 Å². The van der Waals surface area contributed by atoms with Crippen molar-refractivity contribution in [1.29, 1.82) is 0 Å². The van der Waals surface area contributed by atoms with Gasteiger partial charge >= 0.3 is 0 Å². The van der Waals surface area contributed by atoms with Gasteiger partial charge in [-0.15, -0.1) is 0 Å². The van der Waals surface area contributed by atoms with Crippen molar-refractivity contribution in [2.45, 2.75) is 39.0 Å². The molecule has 0 saturated carbocycles. The van der Waals surface area contributed by atoms with Crippen molar-refractivity contribution in [3.05, 3.63) is 82.0 Å². The Morgan fingerprint density at radius 2 is 1.79 bits per heavy atom. The molecule has 0 fully saturated rings. The van der Waals surface area contributed by atoms with Gasteiger partial charge in [0.05, 0.1) is 30.1 Å². The zero-order valence-electron chi connectivity index (χ0n) is 19.0. The number of aromatic nitrogens is 1. The number of non-ortho nitro benzene ring substituents is 1. The predicted molar refractivity (Wildman–Crippen MR) is 131 cm³/mol. The normalized spacial score (nSPS) is 11.1. The number of pyridine rings is 1. The van der Waals surface area contributed by atoms with Crippen LogP contribution >= 0.6 is 0 Å². The number of rotatable bonds is 10. The summed E-state index contributed by atoms with van der Waals surface area (Å²) in [7, 11) is 1.50. The minimum atomic E-state index is -0.434. The first kappa shape index (κ1) is 22.5. The van der Waals surface area contributed by atoms with Crippen molar-refractivity contribution >= 4 is 27.4 Å². The van der Waals surface area contributed by atoms with Crippen LogP contribution in [0.1, 0.15) is 36.8 Å². The molecule has 33 heavy (non-hydrogen) atoms. The van der Waals surface area contributed by atoms with Crippen molar-refractivity contribution in [3.63, 3.8) is 0 Å². The summed E-state index contributed by atoms with van der Waals surface area (Å²) in [5, 5.41) is 14.8. The van der Waals surface area contributed by atoms with Crippen LogP contribution in [0.2, 0.25) is 0 Å².